The highest BCUT2D eigenvalue weighted by Gasteiger charge is 2.22. The molecule has 20 heavy (non-hydrogen) atoms. The van der Waals surface area contributed by atoms with Gasteiger partial charge < -0.3 is 20.6 Å². The van der Waals surface area contributed by atoms with Gasteiger partial charge in [0.05, 0.1) is 11.7 Å². The van der Waals surface area contributed by atoms with E-state index in [4.69, 9.17) is 5.11 Å². The lowest BCUT2D eigenvalue weighted by molar-refractivity contribution is -0.119. The second-order valence-corrected chi connectivity index (χ2v) is 4.33. The molecule has 0 saturated carbocycles. The van der Waals surface area contributed by atoms with Crippen LogP contribution in [0.5, 0.6) is 0 Å². The van der Waals surface area contributed by atoms with Gasteiger partial charge in [0.25, 0.3) is 0 Å². The fourth-order valence-corrected chi connectivity index (χ4v) is 1.66. The van der Waals surface area contributed by atoms with E-state index in [9.17, 15) is 24.2 Å². The largest absolute Gasteiger partial charge is 0.478 e. The highest BCUT2D eigenvalue weighted by atomic mass is 19.1. The molecule has 0 aliphatic rings. The van der Waals surface area contributed by atoms with Crippen LogP contribution in [0.1, 0.15) is 35.4 Å². The normalized spacial score (nSPS) is 13.6. The Morgan fingerprint density at radius 3 is 2.50 bits per heavy atom. The molecule has 0 fully saturated rings. The second-order valence-electron chi connectivity index (χ2n) is 4.33. The first-order valence-corrected chi connectivity index (χ1v) is 5.96. The van der Waals surface area contributed by atoms with Crippen molar-refractivity contribution in [3.8, 4) is 0 Å². The van der Waals surface area contributed by atoms with E-state index in [0.717, 1.165) is 18.2 Å². The molecule has 0 aromatic heterocycles. The third kappa shape index (κ3) is 4.29. The summed E-state index contributed by atoms with van der Waals surface area (Å²) in [5.41, 5.74) is -0.434. The Kier molecular flexibility index (Phi) is 5.60. The molecule has 4 N–H and O–H groups in total. The van der Waals surface area contributed by atoms with Crippen LogP contribution in [-0.4, -0.2) is 39.8 Å². The van der Waals surface area contributed by atoms with E-state index in [1.165, 1.54) is 6.92 Å². The summed E-state index contributed by atoms with van der Waals surface area (Å²) in [5.74, 6) is -2.46. The van der Waals surface area contributed by atoms with E-state index in [2.05, 4.69) is 5.32 Å². The number of halogens is 1. The van der Waals surface area contributed by atoms with Crippen LogP contribution in [0.2, 0.25) is 0 Å². The van der Waals surface area contributed by atoms with Crippen LogP contribution in [0.3, 0.4) is 0 Å². The van der Waals surface area contributed by atoms with E-state index in [0.29, 0.717) is 0 Å². The van der Waals surface area contributed by atoms with E-state index in [-0.39, 0.29) is 30.0 Å². The third-order valence-electron chi connectivity index (χ3n) is 2.74. The zero-order valence-electron chi connectivity index (χ0n) is 10.8. The van der Waals surface area contributed by atoms with Gasteiger partial charge in [0.2, 0.25) is 5.91 Å². The van der Waals surface area contributed by atoms with Crippen molar-refractivity contribution in [3.05, 3.63) is 35.1 Å². The maximum Gasteiger partial charge on any atom is 0.335 e. The van der Waals surface area contributed by atoms with Crippen LogP contribution in [0, 0.1) is 5.82 Å². The Bertz CT molecular complexity index is 506. The summed E-state index contributed by atoms with van der Waals surface area (Å²) in [6, 6.07) is 3.04. The lowest BCUT2D eigenvalue weighted by atomic mass is 10.00. The van der Waals surface area contributed by atoms with Crippen molar-refractivity contribution in [1.29, 1.82) is 0 Å². The lowest BCUT2D eigenvalue weighted by Crippen LogP contribution is -2.28. The van der Waals surface area contributed by atoms with Gasteiger partial charge in [0.15, 0.2) is 0 Å². The number of rotatable bonds is 6. The Morgan fingerprint density at radius 2 is 2.00 bits per heavy atom. The number of nitrogens with one attached hydrogen (secondary N) is 1. The molecule has 0 heterocycles. The number of carboxylic acid groups (broad SMARTS) is 1. The molecule has 0 bridgehead atoms. The van der Waals surface area contributed by atoms with Crippen molar-refractivity contribution in [3.63, 3.8) is 0 Å². The molecule has 1 amide bonds. The zero-order chi connectivity index (χ0) is 15.3. The smallest absolute Gasteiger partial charge is 0.335 e. The quantitative estimate of drug-likeness (QED) is 0.607. The first kappa shape index (κ1) is 16.1. The van der Waals surface area contributed by atoms with Crippen molar-refractivity contribution in [2.75, 3.05) is 6.54 Å². The maximum atomic E-state index is 13.7. The van der Waals surface area contributed by atoms with Crippen molar-refractivity contribution < 1.29 is 29.3 Å². The van der Waals surface area contributed by atoms with Gasteiger partial charge in [0.1, 0.15) is 11.9 Å². The minimum Gasteiger partial charge on any atom is -0.478 e. The average molecular weight is 285 g/mol. The molecular weight excluding hydrogens is 269 g/mol. The molecule has 6 nitrogen and oxygen atoms in total. The number of aromatic carboxylic acids is 1. The van der Waals surface area contributed by atoms with Gasteiger partial charge in [-0.15, -0.1) is 0 Å². The number of aliphatic hydroxyl groups excluding tert-OH is 2. The number of amides is 1. The summed E-state index contributed by atoms with van der Waals surface area (Å²) in [7, 11) is 0. The molecule has 1 rings (SSSR count). The highest BCUT2D eigenvalue weighted by molar-refractivity contribution is 5.87. The van der Waals surface area contributed by atoms with Gasteiger partial charge in [0, 0.05) is 19.0 Å². The van der Waals surface area contributed by atoms with Crippen LogP contribution >= 0.6 is 0 Å². The molecule has 0 aliphatic carbocycles. The van der Waals surface area contributed by atoms with Crippen LogP contribution < -0.4 is 5.32 Å². The molecule has 0 radical (unpaired) electrons. The SMILES string of the molecule is CC(=O)NCCC(O)C(O)c1ccc(C(=O)O)cc1F. The lowest BCUT2D eigenvalue weighted by Gasteiger charge is -2.19. The van der Waals surface area contributed by atoms with Crippen LogP contribution in [0.25, 0.3) is 0 Å². The first-order valence-electron chi connectivity index (χ1n) is 5.96. The predicted octanol–water partition coefficient (Wildman–Crippen LogP) is 0.444. The molecule has 0 aliphatic heterocycles. The summed E-state index contributed by atoms with van der Waals surface area (Å²) in [4.78, 5) is 21.3. The summed E-state index contributed by atoms with van der Waals surface area (Å²) in [5, 5.41) is 30.7. The molecule has 0 spiro atoms. The van der Waals surface area contributed by atoms with Crippen molar-refractivity contribution in [1.82, 2.24) is 5.32 Å². The molecule has 2 unspecified atom stereocenters. The van der Waals surface area contributed by atoms with Gasteiger partial charge in [-0.3, -0.25) is 4.79 Å². The summed E-state index contributed by atoms with van der Waals surface area (Å²) < 4.78 is 13.7. The van der Waals surface area contributed by atoms with Crippen LogP contribution in [0.15, 0.2) is 18.2 Å². The van der Waals surface area contributed by atoms with E-state index < -0.39 is 24.0 Å². The number of benzene rings is 1. The molecule has 1 aromatic rings. The Balaban J connectivity index is 2.73. The Labute approximate surface area is 114 Å². The van der Waals surface area contributed by atoms with Crippen molar-refractivity contribution in [2.45, 2.75) is 25.6 Å². The van der Waals surface area contributed by atoms with E-state index >= 15 is 0 Å². The van der Waals surface area contributed by atoms with Crippen LogP contribution in [0.4, 0.5) is 4.39 Å². The first-order chi connectivity index (χ1) is 9.32. The number of carboxylic acids is 1. The minimum absolute atomic E-state index is 0.0425. The number of hydrogen-bond donors (Lipinski definition) is 4. The number of hydrogen-bond acceptors (Lipinski definition) is 4. The molecule has 2 atom stereocenters. The topological polar surface area (TPSA) is 107 Å². The Morgan fingerprint density at radius 1 is 1.35 bits per heavy atom. The van der Waals surface area contributed by atoms with Crippen LogP contribution in [-0.2, 0) is 4.79 Å². The van der Waals surface area contributed by atoms with E-state index in [1.54, 1.807) is 0 Å². The van der Waals surface area contributed by atoms with Gasteiger partial charge >= 0.3 is 5.97 Å². The van der Waals surface area contributed by atoms with Gasteiger partial charge in [-0.2, -0.15) is 0 Å². The predicted molar refractivity (Wildman–Crippen MR) is 67.6 cm³/mol. The molecule has 0 saturated heterocycles. The second kappa shape index (κ2) is 6.97. The highest BCUT2D eigenvalue weighted by Crippen LogP contribution is 2.22. The summed E-state index contributed by atoms with van der Waals surface area (Å²) >= 11 is 0. The molecular formula is C13H16FNO5. The number of carbonyl (C=O) groups is 2. The molecule has 1 aromatic carbocycles. The fraction of sp³-hybridized carbons (Fsp3) is 0.385. The van der Waals surface area contributed by atoms with Gasteiger partial charge in [-0.05, 0) is 18.6 Å². The Hall–Kier alpha value is -1.99. The standard InChI is InChI=1S/C13H16FNO5/c1-7(16)15-5-4-11(17)12(18)9-3-2-8(13(19)20)6-10(9)14/h2-3,6,11-12,17-18H,4-5H2,1H3,(H,15,16)(H,19,20). The van der Waals surface area contributed by atoms with Gasteiger partial charge in [-0.25, -0.2) is 9.18 Å². The number of aliphatic hydroxyl groups is 2. The van der Waals surface area contributed by atoms with Gasteiger partial charge in [-0.1, -0.05) is 6.07 Å². The zero-order valence-corrected chi connectivity index (χ0v) is 10.8. The fourth-order valence-electron chi connectivity index (χ4n) is 1.66. The summed E-state index contributed by atoms with van der Waals surface area (Å²) in [6.07, 6.45) is -2.72. The summed E-state index contributed by atoms with van der Waals surface area (Å²) in [6.45, 7) is 1.45. The van der Waals surface area contributed by atoms with Crippen molar-refractivity contribution in [2.24, 2.45) is 0 Å². The third-order valence-corrected chi connectivity index (χ3v) is 2.74. The van der Waals surface area contributed by atoms with Crippen molar-refractivity contribution >= 4 is 11.9 Å². The monoisotopic (exact) mass is 285 g/mol. The molecule has 110 valence electrons. The average Bonchev–Trinajstić information content (AvgIpc) is 2.37. The van der Waals surface area contributed by atoms with E-state index in [1.807, 2.05) is 0 Å². The maximum absolute atomic E-state index is 13.7. The molecule has 7 heteroatoms. The minimum atomic E-state index is -1.49. The number of carbonyl (C=O) groups excluding carboxylic acids is 1.